The number of rotatable bonds is 6. The maximum absolute atomic E-state index is 3.91. The summed E-state index contributed by atoms with van der Waals surface area (Å²) in [6, 6.07) is 13.2. The molecule has 0 aromatic heterocycles. The second-order valence-electron chi connectivity index (χ2n) is 5.33. The number of aryl methyl sites for hydroxylation is 1. The van der Waals surface area contributed by atoms with E-state index < -0.39 is 0 Å². The Morgan fingerprint density at radius 3 is 2.58 bits per heavy atom. The minimum atomic E-state index is 0.482. The first kappa shape index (κ1) is 14.6. The van der Waals surface area contributed by atoms with Crippen LogP contribution in [0, 0.1) is 6.92 Å². The summed E-state index contributed by atoms with van der Waals surface area (Å²) in [5.74, 6) is 0. The van der Waals surface area contributed by atoms with E-state index in [1.165, 1.54) is 54.0 Å². The SMILES string of the molecule is CCCCCCC(Br)c1c(C)ccc2ccccc12. The van der Waals surface area contributed by atoms with Gasteiger partial charge in [0.15, 0.2) is 0 Å². The molecule has 19 heavy (non-hydrogen) atoms. The van der Waals surface area contributed by atoms with Crippen molar-refractivity contribution in [2.45, 2.75) is 50.8 Å². The molecule has 0 bridgehead atoms. The molecule has 0 saturated carbocycles. The lowest BCUT2D eigenvalue weighted by Gasteiger charge is -2.16. The van der Waals surface area contributed by atoms with Gasteiger partial charge in [-0.05, 0) is 35.2 Å². The van der Waals surface area contributed by atoms with Gasteiger partial charge in [0.1, 0.15) is 0 Å². The molecule has 0 aliphatic carbocycles. The highest BCUT2D eigenvalue weighted by Gasteiger charge is 2.13. The van der Waals surface area contributed by atoms with Crippen LogP contribution in [0.3, 0.4) is 0 Å². The Morgan fingerprint density at radius 2 is 1.79 bits per heavy atom. The molecule has 0 N–H and O–H groups in total. The lowest BCUT2D eigenvalue weighted by atomic mass is 9.95. The number of halogens is 1. The molecule has 0 aliphatic rings. The minimum absolute atomic E-state index is 0.482. The first-order valence-electron chi connectivity index (χ1n) is 7.36. The molecule has 2 aromatic carbocycles. The van der Waals surface area contributed by atoms with Gasteiger partial charge in [-0.1, -0.05) is 84.9 Å². The Labute approximate surface area is 125 Å². The Bertz CT molecular complexity index is 530. The van der Waals surface area contributed by atoms with Crippen LogP contribution in [0.2, 0.25) is 0 Å². The van der Waals surface area contributed by atoms with Gasteiger partial charge in [-0.3, -0.25) is 0 Å². The van der Waals surface area contributed by atoms with Crippen LogP contribution in [-0.2, 0) is 0 Å². The average molecular weight is 319 g/mol. The molecule has 1 heteroatoms. The summed E-state index contributed by atoms with van der Waals surface area (Å²) in [7, 11) is 0. The smallest absolute Gasteiger partial charge is 0.0404 e. The Hall–Kier alpha value is -0.820. The predicted octanol–water partition coefficient (Wildman–Crippen LogP) is 6.55. The summed E-state index contributed by atoms with van der Waals surface area (Å²) in [5, 5.41) is 2.75. The van der Waals surface area contributed by atoms with Crippen LogP contribution in [0.1, 0.15) is 55.0 Å². The highest BCUT2D eigenvalue weighted by atomic mass is 79.9. The maximum atomic E-state index is 3.91. The molecule has 0 fully saturated rings. The molecule has 0 aliphatic heterocycles. The third-order valence-corrected chi connectivity index (χ3v) is 4.73. The van der Waals surface area contributed by atoms with Crippen molar-refractivity contribution < 1.29 is 0 Å². The minimum Gasteiger partial charge on any atom is -0.0838 e. The summed E-state index contributed by atoms with van der Waals surface area (Å²) >= 11 is 3.91. The van der Waals surface area contributed by atoms with E-state index in [9.17, 15) is 0 Å². The van der Waals surface area contributed by atoms with Gasteiger partial charge in [-0.2, -0.15) is 0 Å². The fraction of sp³-hybridized carbons (Fsp3) is 0.444. The number of benzene rings is 2. The quantitative estimate of drug-likeness (QED) is 0.418. The Morgan fingerprint density at radius 1 is 1.00 bits per heavy atom. The van der Waals surface area contributed by atoms with E-state index in [1.807, 2.05) is 0 Å². The van der Waals surface area contributed by atoms with Crippen LogP contribution < -0.4 is 0 Å². The molecular weight excluding hydrogens is 296 g/mol. The summed E-state index contributed by atoms with van der Waals surface area (Å²) in [4.78, 5) is 0.482. The van der Waals surface area contributed by atoms with Gasteiger partial charge in [0.05, 0.1) is 0 Å². The maximum Gasteiger partial charge on any atom is 0.0404 e. The van der Waals surface area contributed by atoms with Gasteiger partial charge in [0.2, 0.25) is 0 Å². The molecule has 0 nitrogen and oxygen atoms in total. The number of alkyl halides is 1. The van der Waals surface area contributed by atoms with E-state index in [-0.39, 0.29) is 0 Å². The highest BCUT2D eigenvalue weighted by Crippen LogP contribution is 2.36. The van der Waals surface area contributed by atoms with Crippen LogP contribution in [-0.4, -0.2) is 0 Å². The molecule has 0 saturated heterocycles. The standard InChI is InChI=1S/C18H23Br/c1-3-4-5-6-11-17(19)18-14(2)12-13-15-9-7-8-10-16(15)18/h7-10,12-13,17H,3-6,11H2,1-2H3. The lowest BCUT2D eigenvalue weighted by Crippen LogP contribution is -1.96. The zero-order chi connectivity index (χ0) is 13.7. The molecule has 2 aromatic rings. The van der Waals surface area contributed by atoms with Gasteiger partial charge in [-0.25, -0.2) is 0 Å². The number of unbranched alkanes of at least 4 members (excludes halogenated alkanes) is 3. The van der Waals surface area contributed by atoms with Crippen molar-refractivity contribution in [3.05, 3.63) is 47.5 Å². The summed E-state index contributed by atoms with van der Waals surface area (Å²) in [5.41, 5.74) is 2.88. The van der Waals surface area contributed by atoms with E-state index in [0.29, 0.717) is 4.83 Å². The van der Waals surface area contributed by atoms with Crippen LogP contribution >= 0.6 is 15.9 Å². The monoisotopic (exact) mass is 318 g/mol. The molecule has 2 rings (SSSR count). The van der Waals surface area contributed by atoms with Gasteiger partial charge >= 0.3 is 0 Å². The summed E-state index contributed by atoms with van der Waals surface area (Å²) in [6.07, 6.45) is 6.55. The second kappa shape index (κ2) is 7.09. The van der Waals surface area contributed by atoms with Gasteiger partial charge in [0, 0.05) is 4.83 Å². The Kier molecular flexibility index (Phi) is 5.45. The predicted molar refractivity (Wildman–Crippen MR) is 89.1 cm³/mol. The molecule has 1 unspecified atom stereocenters. The molecule has 0 spiro atoms. The van der Waals surface area contributed by atoms with Gasteiger partial charge in [0.25, 0.3) is 0 Å². The third-order valence-electron chi connectivity index (χ3n) is 3.81. The molecule has 1 atom stereocenters. The van der Waals surface area contributed by atoms with Gasteiger partial charge in [-0.15, -0.1) is 0 Å². The second-order valence-corrected chi connectivity index (χ2v) is 6.44. The molecule has 0 heterocycles. The molecule has 0 amide bonds. The topological polar surface area (TPSA) is 0 Å². The number of hydrogen-bond donors (Lipinski definition) is 0. The van der Waals surface area contributed by atoms with Crippen molar-refractivity contribution in [2.75, 3.05) is 0 Å². The zero-order valence-corrected chi connectivity index (χ0v) is 13.5. The Balaban J connectivity index is 2.20. The van der Waals surface area contributed by atoms with E-state index in [1.54, 1.807) is 0 Å². The van der Waals surface area contributed by atoms with Crippen LogP contribution in [0.5, 0.6) is 0 Å². The average Bonchev–Trinajstić information content (AvgIpc) is 2.43. The molecule has 0 radical (unpaired) electrons. The molecule has 102 valence electrons. The number of fused-ring (bicyclic) bond motifs is 1. The number of hydrogen-bond acceptors (Lipinski definition) is 0. The van der Waals surface area contributed by atoms with Crippen molar-refractivity contribution in [3.63, 3.8) is 0 Å². The van der Waals surface area contributed by atoms with Gasteiger partial charge < -0.3 is 0 Å². The van der Waals surface area contributed by atoms with Crippen molar-refractivity contribution >= 4 is 26.7 Å². The lowest BCUT2D eigenvalue weighted by molar-refractivity contribution is 0.630. The van der Waals surface area contributed by atoms with E-state index >= 15 is 0 Å². The normalized spacial score (nSPS) is 12.8. The zero-order valence-electron chi connectivity index (χ0n) is 12.0. The van der Waals surface area contributed by atoms with E-state index in [4.69, 9.17) is 0 Å². The van der Waals surface area contributed by atoms with Crippen LogP contribution in [0.15, 0.2) is 36.4 Å². The van der Waals surface area contributed by atoms with Crippen molar-refractivity contribution in [3.8, 4) is 0 Å². The summed E-state index contributed by atoms with van der Waals surface area (Å²) in [6.45, 7) is 4.49. The van der Waals surface area contributed by atoms with Crippen LogP contribution in [0.25, 0.3) is 10.8 Å². The van der Waals surface area contributed by atoms with Crippen molar-refractivity contribution in [1.29, 1.82) is 0 Å². The van der Waals surface area contributed by atoms with Crippen molar-refractivity contribution in [2.24, 2.45) is 0 Å². The van der Waals surface area contributed by atoms with E-state index in [0.717, 1.165) is 0 Å². The fourth-order valence-electron chi connectivity index (χ4n) is 2.72. The third kappa shape index (κ3) is 3.60. The van der Waals surface area contributed by atoms with Crippen LogP contribution in [0.4, 0.5) is 0 Å². The first-order valence-corrected chi connectivity index (χ1v) is 8.28. The fourth-order valence-corrected chi connectivity index (χ4v) is 3.65. The summed E-state index contributed by atoms with van der Waals surface area (Å²) < 4.78 is 0. The van der Waals surface area contributed by atoms with Crippen molar-refractivity contribution in [1.82, 2.24) is 0 Å². The first-order chi connectivity index (χ1) is 9.24. The van der Waals surface area contributed by atoms with E-state index in [2.05, 4.69) is 66.2 Å². The highest BCUT2D eigenvalue weighted by molar-refractivity contribution is 9.09. The molecular formula is C18H23Br. The largest absolute Gasteiger partial charge is 0.0838 e.